The van der Waals surface area contributed by atoms with Crippen molar-refractivity contribution < 1.29 is 9.47 Å². The quantitative estimate of drug-likeness (QED) is 0.313. The Morgan fingerprint density at radius 1 is 1.00 bits per heavy atom. The molecule has 0 N–H and O–H groups in total. The highest BCUT2D eigenvalue weighted by atomic mass is 28.3. The molecule has 0 saturated carbocycles. The molecule has 0 amide bonds. The molecule has 0 aliphatic carbocycles. The first-order valence-electron chi connectivity index (χ1n) is 7.67. The molecule has 0 bridgehead atoms. The van der Waals surface area contributed by atoms with E-state index in [0.29, 0.717) is 0 Å². The maximum atomic E-state index is 5.59. The van der Waals surface area contributed by atoms with Gasteiger partial charge in [0.2, 0.25) is 0 Å². The third-order valence-electron chi connectivity index (χ3n) is 2.99. The topological polar surface area (TPSA) is 21.7 Å². The predicted molar refractivity (Wildman–Crippen MR) is 87.4 cm³/mol. The third-order valence-corrected chi connectivity index (χ3v) is 6.65. The maximum Gasteiger partial charge on any atom is 0.137 e. The van der Waals surface area contributed by atoms with Crippen LogP contribution in [0.5, 0.6) is 0 Å². The minimum Gasteiger partial charge on any atom is -0.357 e. The fraction of sp³-hybridized carbons (Fsp3) is 1.00. The van der Waals surface area contributed by atoms with E-state index in [2.05, 4.69) is 31.1 Å². The summed E-state index contributed by atoms with van der Waals surface area (Å²) >= 11 is 0. The van der Waals surface area contributed by atoms with Crippen LogP contribution in [0.4, 0.5) is 0 Å². The molecule has 0 aromatic rings. The Morgan fingerprint density at radius 3 is 2.00 bits per heavy atom. The van der Waals surface area contributed by atoms with Crippen LogP contribution in [-0.4, -0.2) is 54.5 Å². The molecule has 0 heterocycles. The highest BCUT2D eigenvalue weighted by Crippen LogP contribution is 2.11. The Hall–Kier alpha value is 0.314. The van der Waals surface area contributed by atoms with Crippen molar-refractivity contribution in [1.82, 2.24) is 4.57 Å². The highest BCUT2D eigenvalue weighted by molar-refractivity contribution is 6.73. The molecule has 0 saturated heterocycles. The maximum absolute atomic E-state index is 5.59. The van der Waals surface area contributed by atoms with Crippen molar-refractivity contribution in [3.63, 3.8) is 0 Å². The molecular weight excluding hydrogens is 270 g/mol. The summed E-state index contributed by atoms with van der Waals surface area (Å²) in [5.74, 6) is 0.0292. The van der Waals surface area contributed by atoms with Crippen molar-refractivity contribution in [2.75, 3.05) is 26.3 Å². The minimum atomic E-state index is -1.14. The molecule has 0 aliphatic heterocycles. The standard InChI is InChI=1S/C14H33NO2Si2/c1-7-11-15(19(4,5)6)12-10-13-18-14(16-8-2)17-9-3/h14H,7-13H2,1-6H3. The summed E-state index contributed by atoms with van der Waals surface area (Å²) in [5.41, 5.74) is 0. The number of ether oxygens (including phenoxy) is 2. The number of hydrogen-bond donors (Lipinski definition) is 0. The molecule has 0 aromatic carbocycles. The minimum absolute atomic E-state index is 0.0292. The van der Waals surface area contributed by atoms with Crippen molar-refractivity contribution in [2.45, 2.75) is 65.2 Å². The van der Waals surface area contributed by atoms with E-state index in [1.165, 1.54) is 32.0 Å². The lowest BCUT2D eigenvalue weighted by Crippen LogP contribution is -2.46. The van der Waals surface area contributed by atoms with E-state index < -0.39 is 8.24 Å². The average Bonchev–Trinajstić information content (AvgIpc) is 2.32. The molecule has 19 heavy (non-hydrogen) atoms. The van der Waals surface area contributed by atoms with Crippen molar-refractivity contribution in [3.8, 4) is 0 Å². The SMILES string of the molecule is CCCN(CCC[Si]C(OCC)OCC)[Si](C)(C)C. The van der Waals surface area contributed by atoms with Gasteiger partial charge >= 0.3 is 0 Å². The van der Waals surface area contributed by atoms with Gasteiger partial charge in [-0.15, -0.1) is 0 Å². The Bertz CT molecular complexity index is 204. The van der Waals surface area contributed by atoms with Gasteiger partial charge in [-0.1, -0.05) is 32.6 Å². The van der Waals surface area contributed by atoms with E-state index >= 15 is 0 Å². The van der Waals surface area contributed by atoms with E-state index in [-0.39, 0.29) is 5.91 Å². The summed E-state index contributed by atoms with van der Waals surface area (Å²) in [4.78, 5) is 0. The first-order valence-corrected chi connectivity index (χ1v) is 12.4. The van der Waals surface area contributed by atoms with Crippen LogP contribution in [0, 0.1) is 0 Å². The lowest BCUT2D eigenvalue weighted by atomic mass is 10.4. The van der Waals surface area contributed by atoms with Crippen LogP contribution in [0.25, 0.3) is 0 Å². The van der Waals surface area contributed by atoms with Gasteiger partial charge < -0.3 is 14.0 Å². The Labute approximate surface area is 124 Å². The second-order valence-corrected chi connectivity index (χ2v) is 12.1. The molecule has 0 unspecified atom stereocenters. The number of rotatable bonds is 12. The largest absolute Gasteiger partial charge is 0.357 e. The molecule has 0 aliphatic rings. The van der Waals surface area contributed by atoms with Crippen LogP contribution in [0.15, 0.2) is 0 Å². The smallest absolute Gasteiger partial charge is 0.137 e. The first kappa shape index (κ1) is 19.3. The molecule has 114 valence electrons. The van der Waals surface area contributed by atoms with Gasteiger partial charge in [0.15, 0.2) is 0 Å². The van der Waals surface area contributed by atoms with Crippen molar-refractivity contribution in [3.05, 3.63) is 0 Å². The Balaban J connectivity index is 3.91. The van der Waals surface area contributed by atoms with Crippen molar-refractivity contribution in [1.29, 1.82) is 0 Å². The molecule has 0 spiro atoms. The van der Waals surface area contributed by atoms with Crippen LogP contribution >= 0.6 is 0 Å². The predicted octanol–water partition coefficient (Wildman–Crippen LogP) is 3.40. The summed E-state index contributed by atoms with van der Waals surface area (Å²) in [5, 5.41) is 0. The van der Waals surface area contributed by atoms with Crippen LogP contribution < -0.4 is 0 Å². The average molecular weight is 304 g/mol. The monoisotopic (exact) mass is 303 g/mol. The van der Waals surface area contributed by atoms with E-state index in [1.807, 2.05) is 13.8 Å². The van der Waals surface area contributed by atoms with Crippen molar-refractivity contribution in [2.24, 2.45) is 0 Å². The zero-order chi connectivity index (χ0) is 14.7. The normalized spacial score (nSPS) is 12.6. The summed E-state index contributed by atoms with van der Waals surface area (Å²) < 4.78 is 13.9. The lowest BCUT2D eigenvalue weighted by molar-refractivity contribution is -0.0827. The van der Waals surface area contributed by atoms with E-state index in [0.717, 1.165) is 22.7 Å². The van der Waals surface area contributed by atoms with E-state index in [9.17, 15) is 0 Å². The molecule has 2 radical (unpaired) electrons. The van der Waals surface area contributed by atoms with Crippen LogP contribution in [0.1, 0.15) is 33.6 Å². The molecular formula is C14H33NO2Si2. The van der Waals surface area contributed by atoms with Gasteiger partial charge in [-0.25, -0.2) is 0 Å². The van der Waals surface area contributed by atoms with Crippen LogP contribution in [0.3, 0.4) is 0 Å². The summed E-state index contributed by atoms with van der Waals surface area (Å²) in [6, 6.07) is 1.22. The summed E-state index contributed by atoms with van der Waals surface area (Å²) in [6.07, 6.45) is 2.52. The van der Waals surface area contributed by atoms with Gasteiger partial charge in [-0.3, -0.25) is 0 Å². The fourth-order valence-electron chi connectivity index (χ4n) is 2.01. The van der Waals surface area contributed by atoms with Crippen LogP contribution in [-0.2, 0) is 9.47 Å². The van der Waals surface area contributed by atoms with Crippen LogP contribution in [0.2, 0.25) is 25.7 Å². The molecule has 0 rings (SSSR count). The van der Waals surface area contributed by atoms with Gasteiger partial charge in [0.1, 0.15) is 23.7 Å². The van der Waals surface area contributed by atoms with Gasteiger partial charge in [0.05, 0.1) is 0 Å². The molecule has 5 heteroatoms. The summed E-state index contributed by atoms with van der Waals surface area (Å²) in [6.45, 7) is 17.6. The molecule has 0 fully saturated rings. The lowest BCUT2D eigenvalue weighted by Gasteiger charge is -2.34. The van der Waals surface area contributed by atoms with E-state index in [4.69, 9.17) is 9.47 Å². The highest BCUT2D eigenvalue weighted by Gasteiger charge is 2.22. The Kier molecular flexibility index (Phi) is 11.2. The molecule has 0 aromatic heterocycles. The van der Waals surface area contributed by atoms with Gasteiger partial charge in [0.25, 0.3) is 0 Å². The first-order chi connectivity index (χ1) is 8.95. The van der Waals surface area contributed by atoms with Gasteiger partial charge in [-0.2, -0.15) is 0 Å². The van der Waals surface area contributed by atoms with Crippen molar-refractivity contribution >= 4 is 17.8 Å². The third kappa shape index (κ3) is 9.79. The molecule has 0 atom stereocenters. The zero-order valence-electron chi connectivity index (χ0n) is 13.8. The van der Waals surface area contributed by atoms with Gasteiger partial charge in [0, 0.05) is 13.2 Å². The zero-order valence-corrected chi connectivity index (χ0v) is 15.8. The van der Waals surface area contributed by atoms with Gasteiger partial charge in [-0.05, 0) is 39.8 Å². The number of nitrogens with zero attached hydrogens (tertiary/aromatic N) is 1. The second-order valence-electron chi connectivity index (χ2n) is 5.71. The second kappa shape index (κ2) is 11.0. The molecule has 3 nitrogen and oxygen atoms in total. The fourth-order valence-corrected chi connectivity index (χ4v) is 4.90. The van der Waals surface area contributed by atoms with E-state index in [1.54, 1.807) is 0 Å². The summed E-state index contributed by atoms with van der Waals surface area (Å²) in [7, 11) is -0.375. The number of hydrogen-bond acceptors (Lipinski definition) is 3. The Morgan fingerprint density at radius 2 is 1.58 bits per heavy atom.